The molecule has 4 rings (SSSR count). The summed E-state index contributed by atoms with van der Waals surface area (Å²) in [5.41, 5.74) is 7.07. The van der Waals surface area contributed by atoms with Gasteiger partial charge in [0.15, 0.2) is 0 Å². The van der Waals surface area contributed by atoms with Crippen LogP contribution in [0.15, 0.2) is 22.6 Å². The van der Waals surface area contributed by atoms with Gasteiger partial charge in [0.1, 0.15) is 10.7 Å². The predicted molar refractivity (Wildman–Crippen MR) is 92.7 cm³/mol. The standard InChI is InChI=1S/C16H21N5O2S/c22-15(13-10-3-1-2-4-11(10)19-20-13)17-6-7-21-9-18-12-5-8-24-14(12)16(21)23/h5,8-11,13,19-20H,1-4,6-7H2,(H,17,22). The molecule has 1 aliphatic carbocycles. The number of amides is 1. The van der Waals surface area contributed by atoms with Crippen LogP contribution in [0.1, 0.15) is 25.7 Å². The molecule has 7 nitrogen and oxygen atoms in total. The maximum Gasteiger partial charge on any atom is 0.271 e. The van der Waals surface area contributed by atoms with Crippen molar-refractivity contribution in [2.75, 3.05) is 6.54 Å². The summed E-state index contributed by atoms with van der Waals surface area (Å²) in [5, 5.41) is 4.82. The third-order valence-electron chi connectivity index (χ3n) is 5.04. The zero-order valence-corrected chi connectivity index (χ0v) is 14.1. The Morgan fingerprint density at radius 1 is 1.38 bits per heavy atom. The van der Waals surface area contributed by atoms with Crippen molar-refractivity contribution in [1.29, 1.82) is 0 Å². The molecule has 3 heterocycles. The number of carbonyl (C=O) groups excluding carboxylic acids is 1. The molecule has 1 saturated heterocycles. The van der Waals surface area contributed by atoms with E-state index < -0.39 is 0 Å². The topological polar surface area (TPSA) is 88.0 Å². The van der Waals surface area contributed by atoms with Gasteiger partial charge in [-0.25, -0.2) is 10.4 Å². The normalized spacial score (nSPS) is 26.4. The number of thiophene rings is 1. The number of aromatic nitrogens is 2. The number of nitrogens with zero attached hydrogens (tertiary/aromatic N) is 2. The summed E-state index contributed by atoms with van der Waals surface area (Å²) in [7, 11) is 0. The fraction of sp³-hybridized carbons (Fsp3) is 0.562. The minimum atomic E-state index is -0.176. The highest BCUT2D eigenvalue weighted by Crippen LogP contribution is 2.30. The Bertz CT molecular complexity index is 801. The first-order valence-corrected chi connectivity index (χ1v) is 9.33. The number of carbonyl (C=O) groups is 1. The molecule has 2 fully saturated rings. The average Bonchev–Trinajstić information content (AvgIpc) is 3.23. The fourth-order valence-electron chi connectivity index (χ4n) is 3.75. The van der Waals surface area contributed by atoms with E-state index in [0.717, 1.165) is 18.4 Å². The van der Waals surface area contributed by atoms with E-state index in [-0.39, 0.29) is 17.5 Å². The summed E-state index contributed by atoms with van der Waals surface area (Å²) in [5.74, 6) is 0.376. The van der Waals surface area contributed by atoms with Gasteiger partial charge in [-0.1, -0.05) is 12.8 Å². The third kappa shape index (κ3) is 2.85. The van der Waals surface area contributed by atoms with E-state index in [1.807, 2.05) is 11.4 Å². The predicted octanol–water partition coefficient (Wildman–Crippen LogP) is 0.609. The van der Waals surface area contributed by atoms with E-state index in [0.29, 0.717) is 29.7 Å². The quantitative estimate of drug-likeness (QED) is 0.754. The molecule has 0 spiro atoms. The lowest BCUT2D eigenvalue weighted by Gasteiger charge is -2.26. The summed E-state index contributed by atoms with van der Waals surface area (Å²) in [6, 6.07) is 2.07. The first kappa shape index (κ1) is 15.7. The van der Waals surface area contributed by atoms with Crippen LogP contribution in [-0.2, 0) is 11.3 Å². The Morgan fingerprint density at radius 3 is 3.17 bits per heavy atom. The van der Waals surface area contributed by atoms with Gasteiger partial charge in [0.05, 0.1) is 11.8 Å². The summed E-state index contributed by atoms with van der Waals surface area (Å²) >= 11 is 1.40. The smallest absolute Gasteiger partial charge is 0.271 e. The summed E-state index contributed by atoms with van der Waals surface area (Å²) in [4.78, 5) is 29.0. The van der Waals surface area contributed by atoms with E-state index in [2.05, 4.69) is 21.2 Å². The molecule has 2 aliphatic rings. The molecule has 128 valence electrons. The van der Waals surface area contributed by atoms with Gasteiger partial charge in [0.2, 0.25) is 5.91 Å². The highest BCUT2D eigenvalue weighted by Gasteiger charge is 2.40. The van der Waals surface area contributed by atoms with Crippen LogP contribution in [0.5, 0.6) is 0 Å². The fourth-order valence-corrected chi connectivity index (χ4v) is 4.54. The molecule has 0 radical (unpaired) electrons. The minimum absolute atomic E-state index is 0.00936. The van der Waals surface area contributed by atoms with Crippen LogP contribution in [0.2, 0.25) is 0 Å². The lowest BCUT2D eigenvalue weighted by atomic mass is 9.81. The van der Waals surface area contributed by atoms with Crippen LogP contribution in [0.3, 0.4) is 0 Å². The first-order chi connectivity index (χ1) is 11.7. The molecule has 24 heavy (non-hydrogen) atoms. The number of fused-ring (bicyclic) bond motifs is 2. The molecule has 0 aromatic carbocycles. The second kappa shape index (κ2) is 6.62. The maximum atomic E-state index is 12.4. The Balaban J connectivity index is 1.35. The van der Waals surface area contributed by atoms with Crippen LogP contribution < -0.4 is 21.7 Å². The van der Waals surface area contributed by atoms with Crippen LogP contribution >= 0.6 is 11.3 Å². The average molecular weight is 347 g/mol. The van der Waals surface area contributed by atoms with Gasteiger partial charge in [0.25, 0.3) is 5.56 Å². The Morgan fingerprint density at radius 2 is 2.25 bits per heavy atom. The van der Waals surface area contributed by atoms with E-state index in [1.54, 1.807) is 10.9 Å². The highest BCUT2D eigenvalue weighted by molar-refractivity contribution is 7.17. The maximum absolute atomic E-state index is 12.4. The molecular formula is C16H21N5O2S. The molecule has 0 bridgehead atoms. The van der Waals surface area contributed by atoms with Gasteiger partial charge in [-0.05, 0) is 24.3 Å². The molecule has 3 unspecified atom stereocenters. The Kier molecular flexibility index (Phi) is 4.34. The van der Waals surface area contributed by atoms with Crippen LogP contribution in [0.25, 0.3) is 10.2 Å². The number of rotatable bonds is 4. The first-order valence-electron chi connectivity index (χ1n) is 8.45. The molecule has 3 atom stereocenters. The van der Waals surface area contributed by atoms with E-state index >= 15 is 0 Å². The number of nitrogens with one attached hydrogen (secondary N) is 3. The van der Waals surface area contributed by atoms with Gasteiger partial charge < -0.3 is 5.32 Å². The zero-order chi connectivity index (χ0) is 16.5. The van der Waals surface area contributed by atoms with E-state index in [1.165, 1.54) is 24.2 Å². The van der Waals surface area contributed by atoms with Crippen LogP contribution in [0, 0.1) is 5.92 Å². The monoisotopic (exact) mass is 347 g/mol. The third-order valence-corrected chi connectivity index (χ3v) is 5.93. The van der Waals surface area contributed by atoms with Crippen LogP contribution in [-0.4, -0.2) is 34.1 Å². The second-order valence-corrected chi connectivity index (χ2v) is 7.41. The van der Waals surface area contributed by atoms with Gasteiger partial charge in [-0.2, -0.15) is 0 Å². The van der Waals surface area contributed by atoms with Crippen molar-refractivity contribution < 1.29 is 4.79 Å². The number of hydrogen-bond acceptors (Lipinski definition) is 6. The van der Waals surface area contributed by atoms with Crippen molar-refractivity contribution in [3.05, 3.63) is 28.1 Å². The molecule has 1 saturated carbocycles. The Hall–Kier alpha value is -1.77. The van der Waals surface area contributed by atoms with Gasteiger partial charge in [-0.15, -0.1) is 11.3 Å². The largest absolute Gasteiger partial charge is 0.353 e. The van der Waals surface area contributed by atoms with Crippen molar-refractivity contribution in [3.8, 4) is 0 Å². The van der Waals surface area contributed by atoms with Crippen LogP contribution in [0.4, 0.5) is 0 Å². The van der Waals surface area contributed by atoms with Crippen molar-refractivity contribution in [1.82, 2.24) is 25.7 Å². The summed E-state index contributed by atoms with van der Waals surface area (Å²) in [6.07, 6.45) is 6.18. The van der Waals surface area contributed by atoms with Crippen molar-refractivity contribution >= 4 is 27.5 Å². The Labute approximate surface area is 143 Å². The van der Waals surface area contributed by atoms with Crippen molar-refractivity contribution in [2.45, 2.75) is 44.3 Å². The van der Waals surface area contributed by atoms with Gasteiger partial charge in [-0.3, -0.25) is 19.6 Å². The minimum Gasteiger partial charge on any atom is -0.353 e. The van der Waals surface area contributed by atoms with E-state index in [4.69, 9.17) is 0 Å². The molecule has 2 aromatic rings. The van der Waals surface area contributed by atoms with Crippen molar-refractivity contribution in [2.24, 2.45) is 5.92 Å². The summed E-state index contributed by atoms with van der Waals surface area (Å²) in [6.45, 7) is 0.854. The van der Waals surface area contributed by atoms with Crippen molar-refractivity contribution in [3.63, 3.8) is 0 Å². The SMILES string of the molecule is O=C(NCCn1cnc2ccsc2c1=O)C1NNC2CCCCC21. The van der Waals surface area contributed by atoms with Gasteiger partial charge >= 0.3 is 0 Å². The lowest BCUT2D eigenvalue weighted by Crippen LogP contribution is -2.46. The number of hydrogen-bond donors (Lipinski definition) is 3. The molecule has 2 aromatic heterocycles. The molecule has 1 amide bonds. The summed E-state index contributed by atoms with van der Waals surface area (Å²) < 4.78 is 2.22. The van der Waals surface area contributed by atoms with E-state index in [9.17, 15) is 9.59 Å². The molecule has 3 N–H and O–H groups in total. The lowest BCUT2D eigenvalue weighted by molar-refractivity contribution is -0.124. The molecular weight excluding hydrogens is 326 g/mol. The highest BCUT2D eigenvalue weighted by atomic mass is 32.1. The second-order valence-electron chi connectivity index (χ2n) is 6.49. The molecule has 1 aliphatic heterocycles. The molecule has 8 heteroatoms. The van der Waals surface area contributed by atoms with Gasteiger partial charge in [0, 0.05) is 25.0 Å². The zero-order valence-electron chi connectivity index (χ0n) is 13.3. The number of hydrazine groups is 1.